The lowest BCUT2D eigenvalue weighted by Crippen LogP contribution is -2.44. The molecule has 0 spiro atoms. The summed E-state index contributed by atoms with van der Waals surface area (Å²) in [6, 6.07) is 8.05. The van der Waals surface area contributed by atoms with Crippen LogP contribution in [0.5, 0.6) is 0 Å². The third-order valence-electron chi connectivity index (χ3n) is 4.06. The fraction of sp³-hybridized carbons (Fsp3) is 0.588. The van der Waals surface area contributed by atoms with Crippen molar-refractivity contribution in [3.8, 4) is 0 Å². The van der Waals surface area contributed by atoms with Gasteiger partial charge < -0.3 is 10.1 Å². The molecule has 1 N–H and O–H groups in total. The number of hydrogen-bond acceptors (Lipinski definition) is 3. The van der Waals surface area contributed by atoms with E-state index < -0.39 is 0 Å². The zero-order valence-corrected chi connectivity index (χ0v) is 14.1. The maximum absolute atomic E-state index is 12.2. The molecular weight excluding hydrogens is 300 g/mol. The van der Waals surface area contributed by atoms with Crippen molar-refractivity contribution in [2.45, 2.75) is 32.4 Å². The molecule has 0 bridgehead atoms. The van der Waals surface area contributed by atoms with Crippen LogP contribution in [0.4, 0.5) is 0 Å². The van der Waals surface area contributed by atoms with Crippen LogP contribution in [0.1, 0.15) is 25.3 Å². The summed E-state index contributed by atoms with van der Waals surface area (Å²) in [7, 11) is 1.65. The van der Waals surface area contributed by atoms with Crippen molar-refractivity contribution >= 4 is 17.5 Å². The van der Waals surface area contributed by atoms with Crippen LogP contribution >= 0.6 is 11.6 Å². The summed E-state index contributed by atoms with van der Waals surface area (Å²) in [4.78, 5) is 14.6. The van der Waals surface area contributed by atoms with Gasteiger partial charge in [-0.05, 0) is 50.6 Å². The van der Waals surface area contributed by atoms with Crippen LogP contribution in [-0.2, 0) is 16.1 Å². The van der Waals surface area contributed by atoms with Crippen LogP contribution in [0.3, 0.4) is 0 Å². The average molecular weight is 325 g/mol. The molecule has 1 heterocycles. The van der Waals surface area contributed by atoms with E-state index in [2.05, 4.69) is 16.3 Å². The van der Waals surface area contributed by atoms with Gasteiger partial charge in [0.2, 0.25) is 5.91 Å². The van der Waals surface area contributed by atoms with Gasteiger partial charge >= 0.3 is 0 Å². The van der Waals surface area contributed by atoms with E-state index in [0.29, 0.717) is 6.61 Å². The quantitative estimate of drug-likeness (QED) is 0.874. The van der Waals surface area contributed by atoms with E-state index in [1.807, 2.05) is 25.1 Å². The van der Waals surface area contributed by atoms with Gasteiger partial charge in [0.05, 0.1) is 6.61 Å². The standard InChI is InChI=1S/C17H25ClN2O2/c1-13(12-22-2)19-17(21)15-6-8-20(9-7-15)11-14-4-3-5-16(18)10-14/h3-5,10,13,15H,6-9,11-12H2,1-2H3,(H,19,21). The highest BCUT2D eigenvalue weighted by atomic mass is 35.5. The molecule has 1 amide bonds. The zero-order valence-electron chi connectivity index (χ0n) is 13.3. The third kappa shape index (κ3) is 5.27. The maximum Gasteiger partial charge on any atom is 0.223 e. The second kappa shape index (κ2) is 8.51. The number of nitrogens with one attached hydrogen (secondary N) is 1. The third-order valence-corrected chi connectivity index (χ3v) is 4.29. The minimum absolute atomic E-state index is 0.0713. The summed E-state index contributed by atoms with van der Waals surface area (Å²) in [5.41, 5.74) is 1.23. The summed E-state index contributed by atoms with van der Waals surface area (Å²) < 4.78 is 5.05. The molecule has 1 aromatic rings. The Bertz CT molecular complexity index is 487. The summed E-state index contributed by atoms with van der Waals surface area (Å²) in [5, 5.41) is 3.80. The maximum atomic E-state index is 12.2. The number of ether oxygens (including phenoxy) is 1. The predicted molar refractivity (Wildman–Crippen MR) is 88.9 cm³/mol. The first-order valence-electron chi connectivity index (χ1n) is 7.84. The van der Waals surface area contributed by atoms with E-state index in [0.717, 1.165) is 37.5 Å². The molecule has 0 aromatic heterocycles. The molecule has 1 atom stereocenters. The number of rotatable bonds is 6. The highest BCUT2D eigenvalue weighted by Crippen LogP contribution is 2.20. The van der Waals surface area contributed by atoms with Gasteiger partial charge in [0.1, 0.15) is 0 Å². The Labute approximate surface area is 137 Å². The minimum Gasteiger partial charge on any atom is -0.383 e. The summed E-state index contributed by atoms with van der Waals surface area (Å²) in [6.07, 6.45) is 1.82. The first kappa shape index (κ1) is 17.3. The van der Waals surface area contributed by atoms with Crippen LogP contribution in [-0.4, -0.2) is 43.7 Å². The normalized spacial score (nSPS) is 18.1. The van der Waals surface area contributed by atoms with Crippen molar-refractivity contribution in [3.63, 3.8) is 0 Å². The largest absolute Gasteiger partial charge is 0.383 e. The van der Waals surface area contributed by atoms with Crippen molar-refractivity contribution < 1.29 is 9.53 Å². The molecular formula is C17H25ClN2O2. The van der Waals surface area contributed by atoms with E-state index >= 15 is 0 Å². The van der Waals surface area contributed by atoms with Gasteiger partial charge in [-0.2, -0.15) is 0 Å². The van der Waals surface area contributed by atoms with Crippen molar-refractivity contribution in [3.05, 3.63) is 34.9 Å². The highest BCUT2D eigenvalue weighted by Gasteiger charge is 2.25. The number of methoxy groups -OCH3 is 1. The minimum atomic E-state index is 0.0713. The molecule has 22 heavy (non-hydrogen) atoms. The monoisotopic (exact) mass is 324 g/mol. The van der Waals surface area contributed by atoms with E-state index in [1.165, 1.54) is 5.56 Å². The average Bonchev–Trinajstić information content (AvgIpc) is 2.48. The van der Waals surface area contributed by atoms with Crippen molar-refractivity contribution in [1.29, 1.82) is 0 Å². The Balaban J connectivity index is 1.76. The smallest absolute Gasteiger partial charge is 0.223 e. The van der Waals surface area contributed by atoms with Crippen LogP contribution in [0, 0.1) is 5.92 Å². The number of piperidine rings is 1. The Morgan fingerprint density at radius 1 is 1.45 bits per heavy atom. The predicted octanol–water partition coefficient (Wildman–Crippen LogP) is 2.70. The van der Waals surface area contributed by atoms with Crippen molar-refractivity contribution in [2.75, 3.05) is 26.8 Å². The highest BCUT2D eigenvalue weighted by molar-refractivity contribution is 6.30. The number of halogens is 1. The lowest BCUT2D eigenvalue weighted by Gasteiger charge is -2.31. The fourth-order valence-corrected chi connectivity index (χ4v) is 3.11. The first-order chi connectivity index (χ1) is 10.6. The number of hydrogen-bond donors (Lipinski definition) is 1. The van der Waals surface area contributed by atoms with Gasteiger partial charge in [0.15, 0.2) is 0 Å². The van der Waals surface area contributed by atoms with Crippen molar-refractivity contribution in [1.82, 2.24) is 10.2 Å². The molecule has 2 rings (SSSR count). The SMILES string of the molecule is COCC(C)NC(=O)C1CCN(Cc2cccc(Cl)c2)CC1. The number of carbonyl (C=O) groups excluding carboxylic acids is 1. The van der Waals surface area contributed by atoms with Gasteiger partial charge in [-0.15, -0.1) is 0 Å². The lowest BCUT2D eigenvalue weighted by atomic mass is 9.95. The number of amides is 1. The molecule has 1 aliphatic rings. The molecule has 122 valence electrons. The molecule has 5 heteroatoms. The summed E-state index contributed by atoms with van der Waals surface area (Å²) >= 11 is 6.02. The Morgan fingerprint density at radius 2 is 2.18 bits per heavy atom. The fourth-order valence-electron chi connectivity index (χ4n) is 2.90. The molecule has 1 unspecified atom stereocenters. The molecule has 1 fully saturated rings. The van der Waals surface area contributed by atoms with Gasteiger partial charge in [0.25, 0.3) is 0 Å². The van der Waals surface area contributed by atoms with Crippen LogP contribution in [0.2, 0.25) is 5.02 Å². The molecule has 4 nitrogen and oxygen atoms in total. The van der Waals surface area contributed by atoms with Crippen LogP contribution in [0.15, 0.2) is 24.3 Å². The topological polar surface area (TPSA) is 41.6 Å². The number of benzene rings is 1. The molecule has 0 aliphatic carbocycles. The molecule has 1 aliphatic heterocycles. The number of nitrogens with zero attached hydrogens (tertiary/aromatic N) is 1. The molecule has 1 aromatic carbocycles. The van der Waals surface area contributed by atoms with Crippen molar-refractivity contribution in [2.24, 2.45) is 5.92 Å². The first-order valence-corrected chi connectivity index (χ1v) is 8.22. The number of carbonyl (C=O) groups is 1. The Kier molecular flexibility index (Phi) is 6.68. The molecule has 1 saturated heterocycles. The van der Waals surface area contributed by atoms with E-state index in [-0.39, 0.29) is 17.9 Å². The second-order valence-electron chi connectivity index (χ2n) is 6.05. The van der Waals surface area contributed by atoms with Crippen LogP contribution < -0.4 is 5.32 Å². The van der Waals surface area contributed by atoms with Gasteiger partial charge in [-0.3, -0.25) is 9.69 Å². The lowest BCUT2D eigenvalue weighted by molar-refractivity contribution is -0.127. The van der Waals surface area contributed by atoms with E-state index in [4.69, 9.17) is 16.3 Å². The second-order valence-corrected chi connectivity index (χ2v) is 6.48. The Hall–Kier alpha value is -1.10. The van der Waals surface area contributed by atoms with E-state index in [1.54, 1.807) is 7.11 Å². The van der Waals surface area contributed by atoms with Gasteiger partial charge in [0, 0.05) is 30.6 Å². The van der Waals surface area contributed by atoms with Gasteiger partial charge in [-0.1, -0.05) is 23.7 Å². The van der Waals surface area contributed by atoms with Gasteiger partial charge in [-0.25, -0.2) is 0 Å². The van der Waals surface area contributed by atoms with E-state index in [9.17, 15) is 4.79 Å². The Morgan fingerprint density at radius 3 is 2.82 bits per heavy atom. The summed E-state index contributed by atoms with van der Waals surface area (Å²) in [5.74, 6) is 0.280. The molecule has 0 saturated carbocycles. The zero-order chi connectivity index (χ0) is 15.9. The summed E-state index contributed by atoms with van der Waals surface area (Å²) in [6.45, 7) is 5.32. The van der Waals surface area contributed by atoms with Crippen LogP contribution in [0.25, 0.3) is 0 Å². The number of likely N-dealkylation sites (tertiary alicyclic amines) is 1. The molecule has 0 radical (unpaired) electrons.